The third-order valence-corrected chi connectivity index (χ3v) is 0.941. The predicted molar refractivity (Wildman–Crippen MR) is 43.3 cm³/mol. The van der Waals surface area contributed by atoms with Gasteiger partial charge in [-0.05, 0) is 13.5 Å². The molecule has 0 rings (SSSR count). The Morgan fingerprint density at radius 1 is 1.33 bits per heavy atom. The molecule has 0 bridgehead atoms. The van der Waals surface area contributed by atoms with Gasteiger partial charge in [-0.2, -0.15) is 0 Å². The van der Waals surface area contributed by atoms with E-state index in [4.69, 9.17) is 0 Å². The highest BCUT2D eigenvalue weighted by Crippen LogP contribution is 1.76. The van der Waals surface area contributed by atoms with Crippen LogP contribution in [0.3, 0.4) is 0 Å². The smallest absolute Gasteiger partial charge is 0.0125 e. The van der Waals surface area contributed by atoms with Crippen LogP contribution < -0.4 is 5.43 Å². The lowest BCUT2D eigenvalue weighted by Gasteiger charge is -2.11. The van der Waals surface area contributed by atoms with Gasteiger partial charge < -0.3 is 0 Å². The van der Waals surface area contributed by atoms with Gasteiger partial charge in [-0.25, -0.2) is 5.01 Å². The zero-order chi connectivity index (χ0) is 7.70. The molecule has 0 spiro atoms. The Kier molecular flexibility index (Phi) is 14.0. The lowest BCUT2D eigenvalue weighted by molar-refractivity contribution is 0.261. The van der Waals surface area contributed by atoms with Crippen molar-refractivity contribution in [2.75, 3.05) is 20.6 Å². The quantitative estimate of drug-likeness (QED) is 0.585. The standard InChI is InChI=1S/C5H14N2.C2H6/c1-4-5-7(3)6-2;1-2/h6H,4-5H2,1-3H3;1-2H3. The molecule has 2 nitrogen and oxygen atoms in total. The topological polar surface area (TPSA) is 15.3 Å². The average Bonchev–Trinajstić information content (AvgIpc) is 1.93. The average molecular weight is 132 g/mol. The molecule has 0 amide bonds. The first-order valence-corrected chi connectivity index (χ1v) is 3.69. The predicted octanol–water partition coefficient (Wildman–Crippen LogP) is 1.49. The fraction of sp³-hybridized carbons (Fsp3) is 1.00. The maximum Gasteiger partial charge on any atom is 0.0125 e. The Labute approximate surface area is 59.2 Å². The molecule has 0 fully saturated rings. The van der Waals surface area contributed by atoms with E-state index in [0.717, 1.165) is 6.54 Å². The second kappa shape index (κ2) is 10.8. The molecular formula is C7H20N2. The lowest BCUT2D eigenvalue weighted by Crippen LogP contribution is -2.31. The summed E-state index contributed by atoms with van der Waals surface area (Å²) < 4.78 is 0. The summed E-state index contributed by atoms with van der Waals surface area (Å²) in [6.07, 6.45) is 1.21. The van der Waals surface area contributed by atoms with Crippen LogP contribution in [-0.2, 0) is 0 Å². The van der Waals surface area contributed by atoms with E-state index in [9.17, 15) is 0 Å². The third-order valence-electron chi connectivity index (χ3n) is 0.941. The molecule has 0 aromatic rings. The molecule has 1 N–H and O–H groups in total. The van der Waals surface area contributed by atoms with Crippen LogP contribution in [-0.4, -0.2) is 25.6 Å². The molecule has 0 radical (unpaired) electrons. The van der Waals surface area contributed by atoms with E-state index >= 15 is 0 Å². The van der Waals surface area contributed by atoms with Crippen molar-refractivity contribution in [2.45, 2.75) is 27.2 Å². The minimum atomic E-state index is 1.12. The van der Waals surface area contributed by atoms with Crippen molar-refractivity contribution in [3.63, 3.8) is 0 Å². The summed E-state index contributed by atoms with van der Waals surface area (Å²) in [7, 11) is 3.96. The van der Waals surface area contributed by atoms with Gasteiger partial charge in [0.2, 0.25) is 0 Å². The van der Waals surface area contributed by atoms with E-state index in [0.29, 0.717) is 0 Å². The van der Waals surface area contributed by atoms with Gasteiger partial charge >= 0.3 is 0 Å². The number of hydrazine groups is 1. The SMILES string of the molecule is CC.CCCN(C)NC. The fourth-order valence-electron chi connectivity index (χ4n) is 0.447. The van der Waals surface area contributed by atoms with Gasteiger partial charge in [0, 0.05) is 13.6 Å². The van der Waals surface area contributed by atoms with Crippen molar-refractivity contribution in [3.8, 4) is 0 Å². The van der Waals surface area contributed by atoms with Crippen LogP contribution in [0.4, 0.5) is 0 Å². The number of nitrogens with one attached hydrogen (secondary N) is 1. The molecule has 0 aliphatic heterocycles. The van der Waals surface area contributed by atoms with Gasteiger partial charge in [-0.3, -0.25) is 5.43 Å². The molecule has 0 atom stereocenters. The van der Waals surface area contributed by atoms with Crippen molar-refractivity contribution in [1.29, 1.82) is 0 Å². The van der Waals surface area contributed by atoms with Crippen LogP contribution in [0.15, 0.2) is 0 Å². The second-order valence-corrected chi connectivity index (χ2v) is 1.65. The summed E-state index contributed by atoms with van der Waals surface area (Å²) in [6, 6.07) is 0. The second-order valence-electron chi connectivity index (χ2n) is 1.65. The van der Waals surface area contributed by atoms with Crippen molar-refractivity contribution in [1.82, 2.24) is 10.4 Å². The molecule has 0 unspecified atom stereocenters. The van der Waals surface area contributed by atoms with Gasteiger partial charge in [0.05, 0.1) is 0 Å². The van der Waals surface area contributed by atoms with E-state index in [1.54, 1.807) is 0 Å². The molecule has 0 aliphatic carbocycles. The molecule has 0 heterocycles. The molecule has 0 saturated carbocycles. The van der Waals surface area contributed by atoms with Crippen molar-refractivity contribution >= 4 is 0 Å². The molecular weight excluding hydrogens is 112 g/mol. The normalized spacial score (nSPS) is 8.67. The Hall–Kier alpha value is -0.0800. The minimum absolute atomic E-state index is 1.12. The highest BCUT2D eigenvalue weighted by Gasteiger charge is 1.85. The molecule has 2 heteroatoms. The largest absolute Gasteiger partial charge is 0.259 e. The summed E-state index contributed by atoms with van der Waals surface area (Å²) in [4.78, 5) is 0. The van der Waals surface area contributed by atoms with Crippen molar-refractivity contribution in [2.24, 2.45) is 0 Å². The summed E-state index contributed by atoms with van der Waals surface area (Å²) in [5.74, 6) is 0. The first kappa shape index (κ1) is 11.7. The van der Waals surface area contributed by atoms with E-state index in [-0.39, 0.29) is 0 Å². The van der Waals surface area contributed by atoms with Crippen LogP contribution in [0.1, 0.15) is 27.2 Å². The molecule has 0 aromatic carbocycles. The summed E-state index contributed by atoms with van der Waals surface area (Å²) >= 11 is 0. The first-order valence-electron chi connectivity index (χ1n) is 3.69. The van der Waals surface area contributed by atoms with E-state index in [1.807, 2.05) is 27.9 Å². The third kappa shape index (κ3) is 11.5. The number of hydrogen-bond donors (Lipinski definition) is 1. The first-order chi connectivity index (χ1) is 4.31. The highest BCUT2D eigenvalue weighted by atomic mass is 15.5. The summed E-state index contributed by atoms with van der Waals surface area (Å²) in [6.45, 7) is 7.28. The summed E-state index contributed by atoms with van der Waals surface area (Å²) in [5.41, 5.74) is 3.00. The Morgan fingerprint density at radius 3 is 1.89 bits per heavy atom. The zero-order valence-electron chi connectivity index (χ0n) is 7.36. The Morgan fingerprint density at radius 2 is 1.78 bits per heavy atom. The van der Waals surface area contributed by atoms with Gasteiger partial charge in [0.15, 0.2) is 0 Å². The molecule has 58 valence electrons. The van der Waals surface area contributed by atoms with E-state index < -0.39 is 0 Å². The number of rotatable bonds is 3. The van der Waals surface area contributed by atoms with E-state index in [1.165, 1.54) is 6.42 Å². The van der Waals surface area contributed by atoms with Gasteiger partial charge in [0.1, 0.15) is 0 Å². The van der Waals surface area contributed by atoms with Gasteiger partial charge in [-0.15, -0.1) is 0 Å². The zero-order valence-corrected chi connectivity index (χ0v) is 7.36. The molecule has 0 aliphatic rings. The van der Waals surface area contributed by atoms with Crippen molar-refractivity contribution in [3.05, 3.63) is 0 Å². The van der Waals surface area contributed by atoms with Gasteiger partial charge in [-0.1, -0.05) is 20.8 Å². The molecule has 0 aromatic heterocycles. The number of nitrogens with zero attached hydrogens (tertiary/aromatic N) is 1. The van der Waals surface area contributed by atoms with Gasteiger partial charge in [0.25, 0.3) is 0 Å². The maximum absolute atomic E-state index is 3.00. The van der Waals surface area contributed by atoms with Crippen molar-refractivity contribution < 1.29 is 0 Å². The monoisotopic (exact) mass is 132 g/mol. The summed E-state index contributed by atoms with van der Waals surface area (Å²) in [5, 5.41) is 2.06. The van der Waals surface area contributed by atoms with Crippen LogP contribution in [0.25, 0.3) is 0 Å². The number of hydrogen-bond acceptors (Lipinski definition) is 2. The maximum atomic E-state index is 3.00. The van der Waals surface area contributed by atoms with Crippen LogP contribution in [0.5, 0.6) is 0 Å². The lowest BCUT2D eigenvalue weighted by atomic mass is 10.5. The Balaban J connectivity index is 0. The van der Waals surface area contributed by atoms with Crippen LogP contribution in [0.2, 0.25) is 0 Å². The van der Waals surface area contributed by atoms with Crippen LogP contribution in [0, 0.1) is 0 Å². The molecule has 0 saturated heterocycles. The fourth-order valence-corrected chi connectivity index (χ4v) is 0.447. The Bertz CT molecular complexity index is 37.9. The van der Waals surface area contributed by atoms with E-state index in [2.05, 4.69) is 17.4 Å². The minimum Gasteiger partial charge on any atom is -0.259 e. The molecule has 9 heavy (non-hydrogen) atoms. The highest BCUT2D eigenvalue weighted by molar-refractivity contribution is 4.35. The van der Waals surface area contributed by atoms with Crippen LogP contribution >= 0.6 is 0 Å².